The first-order valence-electron chi connectivity index (χ1n) is 7.31. The van der Waals surface area contributed by atoms with E-state index in [2.05, 4.69) is 23.7 Å². The number of nitrogens with zero attached hydrogens (tertiary/aromatic N) is 2. The van der Waals surface area contributed by atoms with Crippen LogP contribution < -0.4 is 9.47 Å². The SMILES string of the molecule is COc1ccnc(CN2CC[C@@](C)(O)C(C)(C)C2)c1OC. The zero-order valence-electron chi connectivity index (χ0n) is 13.6. The van der Waals surface area contributed by atoms with E-state index in [4.69, 9.17) is 9.47 Å². The molecule has 21 heavy (non-hydrogen) atoms. The molecule has 0 spiro atoms. The highest BCUT2D eigenvalue weighted by atomic mass is 16.5. The van der Waals surface area contributed by atoms with Crippen LogP contribution >= 0.6 is 0 Å². The molecule has 1 aliphatic heterocycles. The van der Waals surface area contributed by atoms with Crippen molar-refractivity contribution in [3.05, 3.63) is 18.0 Å². The monoisotopic (exact) mass is 294 g/mol. The molecule has 0 saturated carbocycles. The highest BCUT2D eigenvalue weighted by Gasteiger charge is 2.44. The summed E-state index contributed by atoms with van der Waals surface area (Å²) in [6, 6.07) is 1.80. The minimum Gasteiger partial charge on any atom is -0.493 e. The quantitative estimate of drug-likeness (QED) is 0.921. The van der Waals surface area contributed by atoms with Gasteiger partial charge in [0.2, 0.25) is 0 Å². The third-order valence-corrected chi connectivity index (χ3v) is 4.73. The van der Waals surface area contributed by atoms with Crippen molar-refractivity contribution < 1.29 is 14.6 Å². The van der Waals surface area contributed by atoms with Crippen molar-refractivity contribution in [3.63, 3.8) is 0 Å². The van der Waals surface area contributed by atoms with Crippen LogP contribution in [-0.2, 0) is 6.54 Å². The first-order chi connectivity index (χ1) is 9.80. The first-order valence-corrected chi connectivity index (χ1v) is 7.31. The van der Waals surface area contributed by atoms with Gasteiger partial charge < -0.3 is 14.6 Å². The Morgan fingerprint density at radius 3 is 2.57 bits per heavy atom. The molecule has 0 bridgehead atoms. The highest BCUT2D eigenvalue weighted by molar-refractivity contribution is 5.42. The lowest BCUT2D eigenvalue weighted by molar-refractivity contribution is -0.107. The smallest absolute Gasteiger partial charge is 0.183 e. The summed E-state index contributed by atoms with van der Waals surface area (Å²) in [6.07, 6.45) is 2.49. The lowest BCUT2D eigenvalue weighted by Crippen LogP contribution is -2.55. The number of likely N-dealkylation sites (tertiary alicyclic amines) is 1. The summed E-state index contributed by atoms with van der Waals surface area (Å²) in [5.41, 5.74) is 0.0846. The summed E-state index contributed by atoms with van der Waals surface area (Å²) in [5.74, 6) is 1.39. The van der Waals surface area contributed by atoms with Crippen LogP contribution in [0.2, 0.25) is 0 Å². The van der Waals surface area contributed by atoms with Gasteiger partial charge in [0.1, 0.15) is 5.69 Å². The Kier molecular flexibility index (Phi) is 4.44. The molecule has 2 rings (SSSR count). The molecule has 1 aromatic heterocycles. The molecule has 1 saturated heterocycles. The van der Waals surface area contributed by atoms with E-state index in [1.54, 1.807) is 26.5 Å². The second-order valence-corrected chi connectivity index (χ2v) is 6.61. The normalized spacial score (nSPS) is 25.6. The summed E-state index contributed by atoms with van der Waals surface area (Å²) in [4.78, 5) is 6.73. The van der Waals surface area contributed by atoms with Crippen molar-refractivity contribution in [2.24, 2.45) is 5.41 Å². The average molecular weight is 294 g/mol. The Morgan fingerprint density at radius 2 is 2.00 bits per heavy atom. The second-order valence-electron chi connectivity index (χ2n) is 6.61. The van der Waals surface area contributed by atoms with Gasteiger partial charge in [0, 0.05) is 37.3 Å². The van der Waals surface area contributed by atoms with Crippen LogP contribution in [0.1, 0.15) is 32.9 Å². The van der Waals surface area contributed by atoms with Gasteiger partial charge >= 0.3 is 0 Å². The van der Waals surface area contributed by atoms with Crippen molar-refractivity contribution in [3.8, 4) is 11.5 Å². The summed E-state index contributed by atoms with van der Waals surface area (Å²) in [6.45, 7) is 8.50. The third kappa shape index (κ3) is 3.14. The molecule has 5 nitrogen and oxygen atoms in total. The Morgan fingerprint density at radius 1 is 1.29 bits per heavy atom. The number of hydrogen-bond acceptors (Lipinski definition) is 5. The zero-order chi connectivity index (χ0) is 15.7. The highest BCUT2D eigenvalue weighted by Crippen LogP contribution is 2.39. The summed E-state index contributed by atoms with van der Waals surface area (Å²) in [5, 5.41) is 10.5. The van der Waals surface area contributed by atoms with Gasteiger partial charge in [0.25, 0.3) is 0 Å². The molecule has 1 fully saturated rings. The fourth-order valence-corrected chi connectivity index (χ4v) is 2.83. The van der Waals surface area contributed by atoms with E-state index in [1.165, 1.54) is 0 Å². The fraction of sp³-hybridized carbons (Fsp3) is 0.688. The van der Waals surface area contributed by atoms with Crippen LogP contribution in [0.15, 0.2) is 12.3 Å². The van der Waals surface area contributed by atoms with E-state index in [0.717, 1.165) is 25.2 Å². The maximum absolute atomic E-state index is 10.5. The van der Waals surface area contributed by atoms with Crippen molar-refractivity contribution >= 4 is 0 Å². The summed E-state index contributed by atoms with van der Waals surface area (Å²) >= 11 is 0. The molecular formula is C16H26N2O3. The number of rotatable bonds is 4. The van der Waals surface area contributed by atoms with Gasteiger partial charge in [-0.1, -0.05) is 13.8 Å². The van der Waals surface area contributed by atoms with Gasteiger partial charge in [0.15, 0.2) is 11.5 Å². The van der Waals surface area contributed by atoms with Gasteiger partial charge in [-0.05, 0) is 13.3 Å². The van der Waals surface area contributed by atoms with E-state index in [9.17, 15) is 5.11 Å². The number of aliphatic hydroxyl groups is 1. The van der Waals surface area contributed by atoms with Crippen molar-refractivity contribution in [1.82, 2.24) is 9.88 Å². The predicted octanol–water partition coefficient (Wildman–Crippen LogP) is 2.08. The van der Waals surface area contributed by atoms with Crippen LogP contribution in [0.5, 0.6) is 11.5 Å². The fourth-order valence-electron chi connectivity index (χ4n) is 2.83. The number of ether oxygens (including phenoxy) is 2. The van der Waals surface area contributed by atoms with Crippen LogP contribution in [-0.4, -0.2) is 47.9 Å². The van der Waals surface area contributed by atoms with Gasteiger partial charge in [-0.3, -0.25) is 9.88 Å². The molecule has 0 aliphatic carbocycles. The standard InChI is InChI=1S/C16H26N2O3/c1-15(2)11-18(9-7-16(15,3)19)10-12-14(21-5)13(20-4)6-8-17-12/h6,8,19H,7,9-11H2,1-5H3/t16-/m1/s1. The molecule has 0 aromatic carbocycles. The Balaban J connectivity index is 2.17. The van der Waals surface area contributed by atoms with E-state index in [0.29, 0.717) is 18.0 Å². The first kappa shape index (κ1) is 16.0. The molecule has 1 aromatic rings. The maximum Gasteiger partial charge on any atom is 0.183 e. The Labute approximate surface area is 126 Å². The number of methoxy groups -OCH3 is 2. The lowest BCUT2D eigenvalue weighted by Gasteiger charge is -2.48. The minimum absolute atomic E-state index is 0.155. The molecule has 5 heteroatoms. The van der Waals surface area contributed by atoms with Crippen molar-refractivity contribution in [2.75, 3.05) is 27.3 Å². The number of pyridine rings is 1. The topological polar surface area (TPSA) is 54.8 Å². The minimum atomic E-state index is -0.630. The number of aromatic nitrogens is 1. The lowest BCUT2D eigenvalue weighted by atomic mass is 9.71. The molecule has 0 amide bonds. The van der Waals surface area contributed by atoms with Crippen LogP contribution in [0.25, 0.3) is 0 Å². The zero-order valence-corrected chi connectivity index (χ0v) is 13.6. The molecule has 1 N–H and O–H groups in total. The van der Waals surface area contributed by atoms with Gasteiger partial charge in [0.05, 0.1) is 19.8 Å². The van der Waals surface area contributed by atoms with E-state index in [-0.39, 0.29) is 5.41 Å². The molecular weight excluding hydrogens is 268 g/mol. The third-order valence-electron chi connectivity index (χ3n) is 4.73. The van der Waals surface area contributed by atoms with Gasteiger partial charge in [-0.2, -0.15) is 0 Å². The van der Waals surface area contributed by atoms with Crippen molar-refractivity contribution in [2.45, 2.75) is 39.3 Å². The van der Waals surface area contributed by atoms with Crippen LogP contribution in [0.4, 0.5) is 0 Å². The second kappa shape index (κ2) is 5.81. The molecule has 1 aliphatic rings. The predicted molar refractivity (Wildman–Crippen MR) is 81.6 cm³/mol. The van der Waals surface area contributed by atoms with Gasteiger partial charge in [-0.15, -0.1) is 0 Å². The van der Waals surface area contributed by atoms with Gasteiger partial charge in [-0.25, -0.2) is 0 Å². The van der Waals surface area contributed by atoms with E-state index in [1.807, 2.05) is 6.92 Å². The van der Waals surface area contributed by atoms with E-state index >= 15 is 0 Å². The molecule has 2 heterocycles. The Hall–Kier alpha value is -1.33. The summed E-state index contributed by atoms with van der Waals surface area (Å²) in [7, 11) is 3.26. The number of piperidine rings is 1. The molecule has 0 unspecified atom stereocenters. The average Bonchev–Trinajstić information content (AvgIpc) is 2.42. The molecule has 1 atom stereocenters. The van der Waals surface area contributed by atoms with Crippen LogP contribution in [0.3, 0.4) is 0 Å². The molecule has 118 valence electrons. The largest absolute Gasteiger partial charge is 0.493 e. The van der Waals surface area contributed by atoms with Crippen LogP contribution in [0, 0.1) is 5.41 Å². The summed E-state index contributed by atoms with van der Waals surface area (Å²) < 4.78 is 10.8. The number of hydrogen-bond donors (Lipinski definition) is 1. The van der Waals surface area contributed by atoms with Crippen molar-refractivity contribution in [1.29, 1.82) is 0 Å². The maximum atomic E-state index is 10.5. The molecule has 0 radical (unpaired) electrons. The Bertz CT molecular complexity index is 500. The van der Waals surface area contributed by atoms with E-state index < -0.39 is 5.60 Å².